The second-order valence-corrected chi connectivity index (χ2v) is 15.1. The third-order valence-corrected chi connectivity index (χ3v) is 11.6. The summed E-state index contributed by atoms with van der Waals surface area (Å²) in [5, 5.41) is 4.52. The van der Waals surface area contributed by atoms with E-state index >= 15 is 0 Å². The number of furan rings is 1. The van der Waals surface area contributed by atoms with Crippen LogP contribution in [0.4, 0.5) is 17.1 Å². The Morgan fingerprint density at radius 1 is 0.368 bits per heavy atom. The third-order valence-electron chi connectivity index (χ3n) is 10.5. The average molecular weight is 749 g/mol. The number of fused-ring (bicyclic) bond motifs is 6. The molecule has 11 rings (SSSR count). The highest BCUT2D eigenvalue weighted by Crippen LogP contribution is 2.44. The average Bonchev–Trinajstić information content (AvgIpc) is 3.85. The largest absolute Gasteiger partial charge is 0.456 e. The molecule has 0 N–H and O–H groups in total. The molecule has 0 fully saturated rings. The van der Waals surface area contributed by atoms with Gasteiger partial charge < -0.3 is 9.32 Å². The maximum Gasteiger partial charge on any atom is 0.164 e. The fourth-order valence-electron chi connectivity index (χ4n) is 7.83. The molecule has 0 aliphatic rings. The molecule has 0 aliphatic heterocycles. The van der Waals surface area contributed by atoms with Crippen LogP contribution in [0.3, 0.4) is 0 Å². The Morgan fingerprint density at radius 3 is 1.70 bits per heavy atom. The molecule has 0 aliphatic carbocycles. The molecule has 268 valence electrons. The Kier molecular flexibility index (Phi) is 7.93. The van der Waals surface area contributed by atoms with Crippen molar-refractivity contribution in [2.45, 2.75) is 0 Å². The van der Waals surface area contributed by atoms with Gasteiger partial charge in [0.2, 0.25) is 0 Å². The SMILES string of the molecule is c1ccc(-c2nc(-c3ccccc3)nc(-c3cc(N(c4ccccc4)c4cccc(-c5ccc6sc7ccccc7c6c5)c4)cc4oc5ccccc5c34)n2)cc1. The van der Waals surface area contributed by atoms with Gasteiger partial charge in [0.15, 0.2) is 17.5 Å². The van der Waals surface area contributed by atoms with Crippen LogP contribution in [0.5, 0.6) is 0 Å². The highest BCUT2D eigenvalue weighted by atomic mass is 32.1. The number of aromatic nitrogens is 3. The molecule has 0 bridgehead atoms. The molecule has 3 heterocycles. The number of benzene rings is 8. The number of para-hydroxylation sites is 2. The molecule has 11 aromatic rings. The zero-order chi connectivity index (χ0) is 37.7. The quantitative estimate of drug-likeness (QED) is 0.162. The third kappa shape index (κ3) is 5.91. The smallest absolute Gasteiger partial charge is 0.164 e. The van der Waals surface area contributed by atoms with Crippen LogP contribution < -0.4 is 4.90 Å². The van der Waals surface area contributed by atoms with Gasteiger partial charge in [-0.05, 0) is 65.7 Å². The minimum atomic E-state index is 0.569. The van der Waals surface area contributed by atoms with Gasteiger partial charge in [-0.15, -0.1) is 11.3 Å². The predicted octanol–water partition coefficient (Wildman–Crippen LogP) is 14.3. The number of hydrogen-bond acceptors (Lipinski definition) is 6. The molecule has 0 atom stereocenters. The summed E-state index contributed by atoms with van der Waals surface area (Å²) in [6.07, 6.45) is 0. The van der Waals surface area contributed by atoms with Crippen molar-refractivity contribution < 1.29 is 4.42 Å². The van der Waals surface area contributed by atoms with Crippen molar-refractivity contribution in [2.75, 3.05) is 4.90 Å². The lowest BCUT2D eigenvalue weighted by atomic mass is 10.0. The highest BCUT2D eigenvalue weighted by Gasteiger charge is 2.23. The minimum absolute atomic E-state index is 0.569. The summed E-state index contributed by atoms with van der Waals surface area (Å²) in [6, 6.07) is 67.4. The van der Waals surface area contributed by atoms with E-state index in [1.54, 1.807) is 0 Å². The van der Waals surface area contributed by atoms with Crippen molar-refractivity contribution in [3.05, 3.63) is 194 Å². The summed E-state index contributed by atoms with van der Waals surface area (Å²) in [6.45, 7) is 0. The van der Waals surface area contributed by atoms with E-state index in [-0.39, 0.29) is 0 Å². The van der Waals surface area contributed by atoms with Crippen LogP contribution in [-0.4, -0.2) is 15.0 Å². The van der Waals surface area contributed by atoms with Crippen LogP contribution in [0.15, 0.2) is 199 Å². The van der Waals surface area contributed by atoms with E-state index in [0.717, 1.165) is 61.3 Å². The minimum Gasteiger partial charge on any atom is -0.456 e. The van der Waals surface area contributed by atoms with E-state index in [9.17, 15) is 0 Å². The molecule has 6 heteroatoms. The van der Waals surface area contributed by atoms with Crippen molar-refractivity contribution in [1.29, 1.82) is 0 Å². The molecule has 0 saturated heterocycles. The maximum absolute atomic E-state index is 6.67. The number of nitrogens with zero attached hydrogens (tertiary/aromatic N) is 4. The number of thiophene rings is 1. The van der Waals surface area contributed by atoms with Gasteiger partial charge in [-0.1, -0.05) is 133 Å². The standard InChI is InChI=1S/C51H32N4OS/c1-4-15-33(16-5-1)49-52-50(34-17-6-2-7-18-34)54-51(53-49)43-31-39(32-45-48(43)41-24-10-12-25-44(41)56-45)55(37-20-8-3-9-21-37)38-22-14-19-35(29-38)36-27-28-47-42(30-36)40-23-11-13-26-46(40)57-47/h1-32H. The van der Waals surface area contributed by atoms with Gasteiger partial charge >= 0.3 is 0 Å². The molecule has 0 unspecified atom stereocenters. The zero-order valence-electron chi connectivity index (χ0n) is 30.6. The molecule has 0 saturated carbocycles. The normalized spacial score (nSPS) is 11.5. The van der Waals surface area contributed by atoms with Crippen molar-refractivity contribution in [3.8, 4) is 45.3 Å². The summed E-state index contributed by atoms with van der Waals surface area (Å²) < 4.78 is 9.26. The first-order valence-corrected chi connectivity index (χ1v) is 19.7. The van der Waals surface area contributed by atoms with E-state index in [0.29, 0.717) is 17.5 Å². The lowest BCUT2D eigenvalue weighted by Crippen LogP contribution is -2.10. The lowest BCUT2D eigenvalue weighted by Gasteiger charge is -2.26. The second kappa shape index (κ2) is 13.7. The van der Waals surface area contributed by atoms with Crippen LogP contribution in [0.2, 0.25) is 0 Å². The first-order valence-electron chi connectivity index (χ1n) is 18.9. The summed E-state index contributed by atoms with van der Waals surface area (Å²) in [5.41, 5.74) is 9.49. The molecule has 0 amide bonds. The van der Waals surface area contributed by atoms with Gasteiger partial charge in [0, 0.05) is 65.1 Å². The van der Waals surface area contributed by atoms with Gasteiger partial charge in [0.05, 0.1) is 5.69 Å². The second-order valence-electron chi connectivity index (χ2n) is 14.0. The van der Waals surface area contributed by atoms with E-state index in [2.05, 4.69) is 114 Å². The van der Waals surface area contributed by atoms with E-state index in [4.69, 9.17) is 19.4 Å². The molecule has 3 aromatic heterocycles. The monoisotopic (exact) mass is 748 g/mol. The summed E-state index contributed by atoms with van der Waals surface area (Å²) >= 11 is 1.84. The first kappa shape index (κ1) is 33.0. The Labute approximate surface area is 332 Å². The van der Waals surface area contributed by atoms with E-state index in [1.165, 1.54) is 25.7 Å². The topological polar surface area (TPSA) is 55.1 Å². The molecule has 0 spiro atoms. The van der Waals surface area contributed by atoms with Crippen LogP contribution in [0.25, 0.3) is 87.4 Å². The molecule has 57 heavy (non-hydrogen) atoms. The van der Waals surface area contributed by atoms with Crippen LogP contribution >= 0.6 is 11.3 Å². The zero-order valence-corrected chi connectivity index (χ0v) is 31.4. The molecular weight excluding hydrogens is 717 g/mol. The van der Waals surface area contributed by atoms with Gasteiger partial charge in [-0.3, -0.25) is 0 Å². The van der Waals surface area contributed by atoms with Crippen molar-refractivity contribution in [1.82, 2.24) is 15.0 Å². The number of anilines is 3. The van der Waals surface area contributed by atoms with Gasteiger partial charge in [0.1, 0.15) is 11.2 Å². The highest BCUT2D eigenvalue weighted by molar-refractivity contribution is 7.25. The van der Waals surface area contributed by atoms with Crippen LogP contribution in [0.1, 0.15) is 0 Å². The fourth-order valence-corrected chi connectivity index (χ4v) is 8.92. The summed E-state index contributed by atoms with van der Waals surface area (Å²) in [5.74, 6) is 1.78. The Hall–Kier alpha value is -7.41. The molecule has 8 aromatic carbocycles. The molecule has 0 radical (unpaired) electrons. The predicted molar refractivity (Wildman–Crippen MR) is 236 cm³/mol. The molecular formula is C51H32N4OS. The van der Waals surface area contributed by atoms with Crippen LogP contribution in [0, 0.1) is 0 Å². The summed E-state index contributed by atoms with van der Waals surface area (Å²) in [7, 11) is 0. The van der Waals surface area contributed by atoms with E-state index in [1.807, 2.05) is 96.3 Å². The van der Waals surface area contributed by atoms with Crippen LogP contribution in [-0.2, 0) is 0 Å². The maximum atomic E-state index is 6.67. The Bertz CT molecular complexity index is 3190. The number of rotatable bonds is 7. The lowest BCUT2D eigenvalue weighted by molar-refractivity contribution is 0.669. The summed E-state index contributed by atoms with van der Waals surface area (Å²) in [4.78, 5) is 17.7. The van der Waals surface area contributed by atoms with Gasteiger partial charge in [-0.2, -0.15) is 0 Å². The first-order chi connectivity index (χ1) is 28.2. The Morgan fingerprint density at radius 2 is 0.947 bits per heavy atom. The fraction of sp³-hybridized carbons (Fsp3) is 0. The van der Waals surface area contributed by atoms with E-state index < -0.39 is 0 Å². The van der Waals surface area contributed by atoms with Gasteiger partial charge in [-0.25, -0.2) is 15.0 Å². The Balaban J connectivity index is 1.14. The number of hydrogen-bond donors (Lipinski definition) is 0. The van der Waals surface area contributed by atoms with Gasteiger partial charge in [0.25, 0.3) is 0 Å². The van der Waals surface area contributed by atoms with Crippen molar-refractivity contribution in [2.24, 2.45) is 0 Å². The molecule has 5 nitrogen and oxygen atoms in total. The van der Waals surface area contributed by atoms with Crippen molar-refractivity contribution in [3.63, 3.8) is 0 Å². The van der Waals surface area contributed by atoms with Crippen molar-refractivity contribution >= 4 is 70.5 Å².